The summed E-state index contributed by atoms with van der Waals surface area (Å²) < 4.78 is 0. The highest BCUT2D eigenvalue weighted by molar-refractivity contribution is 5.92. The van der Waals surface area contributed by atoms with E-state index in [9.17, 15) is 14.4 Å². The summed E-state index contributed by atoms with van der Waals surface area (Å²) in [6, 6.07) is 3.61. The van der Waals surface area contributed by atoms with Crippen molar-refractivity contribution in [2.24, 2.45) is 0 Å². The molecule has 4 N–H and O–H groups in total. The fourth-order valence-electron chi connectivity index (χ4n) is 3.27. The summed E-state index contributed by atoms with van der Waals surface area (Å²) in [5, 5.41) is 2.55. The van der Waals surface area contributed by atoms with Crippen LogP contribution in [-0.2, 0) is 6.54 Å². The standard InChI is InChI=1S/C17H20N8O3/c1-18-15(26)11-3-2-10(8-19-11)25-6-4-24(5-7-25)9-12-20-13-14(21-12)22-17(28)23-16(13)27/h2-3,8H,4-7,9H2,1H3,(H,18,26)(H3,20,21,22,23,27,28). The molecule has 1 saturated heterocycles. The predicted octanol–water partition coefficient (Wildman–Crippen LogP) is -0.984. The molecule has 11 nitrogen and oxygen atoms in total. The van der Waals surface area contributed by atoms with E-state index in [1.165, 1.54) is 0 Å². The quantitative estimate of drug-likeness (QED) is 0.452. The number of carbonyl (C=O) groups excluding carboxylic acids is 1. The Labute approximate surface area is 158 Å². The van der Waals surface area contributed by atoms with E-state index < -0.39 is 11.2 Å². The number of carbonyl (C=O) groups is 1. The Kier molecular flexibility index (Phi) is 4.65. The first-order chi connectivity index (χ1) is 13.5. The van der Waals surface area contributed by atoms with E-state index in [4.69, 9.17) is 0 Å². The maximum atomic E-state index is 11.8. The molecule has 3 aromatic heterocycles. The van der Waals surface area contributed by atoms with Gasteiger partial charge in [0.05, 0.1) is 18.4 Å². The van der Waals surface area contributed by atoms with Gasteiger partial charge >= 0.3 is 5.69 Å². The lowest BCUT2D eigenvalue weighted by molar-refractivity contribution is 0.0958. The van der Waals surface area contributed by atoms with Crippen LogP contribution in [-0.4, -0.2) is 69.0 Å². The molecule has 0 radical (unpaired) electrons. The third-order valence-electron chi connectivity index (χ3n) is 4.76. The minimum atomic E-state index is -0.569. The Hall–Kier alpha value is -3.47. The van der Waals surface area contributed by atoms with E-state index in [0.717, 1.165) is 31.9 Å². The highest BCUT2D eigenvalue weighted by atomic mass is 16.2. The maximum Gasteiger partial charge on any atom is 0.327 e. The van der Waals surface area contributed by atoms with Crippen LogP contribution in [0.3, 0.4) is 0 Å². The molecule has 146 valence electrons. The molecule has 11 heteroatoms. The van der Waals surface area contributed by atoms with Crippen molar-refractivity contribution >= 4 is 22.8 Å². The second-order valence-corrected chi connectivity index (χ2v) is 6.56. The molecule has 0 aliphatic carbocycles. The predicted molar refractivity (Wildman–Crippen MR) is 102 cm³/mol. The van der Waals surface area contributed by atoms with Crippen molar-refractivity contribution in [2.75, 3.05) is 38.1 Å². The zero-order valence-electron chi connectivity index (χ0n) is 15.3. The van der Waals surface area contributed by atoms with Gasteiger partial charge in [-0.05, 0) is 12.1 Å². The van der Waals surface area contributed by atoms with Gasteiger partial charge in [-0.25, -0.2) is 14.8 Å². The van der Waals surface area contributed by atoms with Gasteiger partial charge < -0.3 is 15.2 Å². The SMILES string of the molecule is CNC(=O)c1ccc(N2CCN(Cc3nc4[nH]c(=O)[nH]c(=O)c4[nH]3)CC2)cn1. The van der Waals surface area contributed by atoms with E-state index in [1.54, 1.807) is 19.3 Å². The zero-order valence-corrected chi connectivity index (χ0v) is 15.3. The lowest BCUT2D eigenvalue weighted by Crippen LogP contribution is -2.46. The number of hydrogen-bond acceptors (Lipinski definition) is 7. The minimum Gasteiger partial charge on any atom is -0.368 e. The van der Waals surface area contributed by atoms with Crippen LogP contribution in [0.15, 0.2) is 27.9 Å². The number of nitrogens with one attached hydrogen (secondary N) is 4. The normalized spacial score (nSPS) is 15.1. The van der Waals surface area contributed by atoms with Crippen LogP contribution in [0.25, 0.3) is 11.2 Å². The first-order valence-electron chi connectivity index (χ1n) is 8.90. The molecular formula is C17H20N8O3. The largest absolute Gasteiger partial charge is 0.368 e. The summed E-state index contributed by atoms with van der Waals surface area (Å²) in [4.78, 5) is 55.3. The van der Waals surface area contributed by atoms with Gasteiger partial charge in [0.2, 0.25) is 0 Å². The van der Waals surface area contributed by atoms with E-state index in [1.807, 2.05) is 6.07 Å². The van der Waals surface area contributed by atoms with Gasteiger partial charge in [-0.2, -0.15) is 0 Å². The molecule has 3 aromatic rings. The van der Waals surface area contributed by atoms with Crippen molar-refractivity contribution in [3.05, 3.63) is 50.7 Å². The Morgan fingerprint density at radius 3 is 2.61 bits per heavy atom. The molecule has 0 saturated carbocycles. The van der Waals surface area contributed by atoms with E-state index in [-0.39, 0.29) is 17.1 Å². The third kappa shape index (κ3) is 3.51. The molecular weight excluding hydrogens is 364 g/mol. The number of nitrogens with zero attached hydrogens (tertiary/aromatic N) is 4. The molecule has 28 heavy (non-hydrogen) atoms. The average Bonchev–Trinajstić information content (AvgIpc) is 3.11. The highest BCUT2D eigenvalue weighted by Gasteiger charge is 2.19. The molecule has 4 heterocycles. The molecule has 1 aliphatic rings. The van der Waals surface area contributed by atoms with Gasteiger partial charge in [-0.1, -0.05) is 0 Å². The average molecular weight is 384 g/mol. The van der Waals surface area contributed by atoms with Crippen LogP contribution in [0.4, 0.5) is 5.69 Å². The van der Waals surface area contributed by atoms with Gasteiger partial charge in [0.25, 0.3) is 11.5 Å². The number of amides is 1. The number of pyridine rings is 1. The number of H-pyrrole nitrogens is 3. The van der Waals surface area contributed by atoms with Gasteiger partial charge in [-0.3, -0.25) is 24.5 Å². The number of imidazole rings is 1. The fourth-order valence-corrected chi connectivity index (χ4v) is 3.27. The molecule has 0 bridgehead atoms. The Balaban J connectivity index is 1.39. The molecule has 0 spiro atoms. The molecule has 1 aliphatic heterocycles. The number of hydrogen-bond donors (Lipinski definition) is 4. The van der Waals surface area contributed by atoms with Gasteiger partial charge in [-0.15, -0.1) is 0 Å². The first-order valence-corrected chi connectivity index (χ1v) is 8.90. The van der Waals surface area contributed by atoms with Crippen LogP contribution in [0.5, 0.6) is 0 Å². The summed E-state index contributed by atoms with van der Waals surface area (Å²) >= 11 is 0. The lowest BCUT2D eigenvalue weighted by Gasteiger charge is -2.35. The number of aromatic nitrogens is 5. The Morgan fingerprint density at radius 2 is 1.93 bits per heavy atom. The molecule has 0 unspecified atom stereocenters. The summed E-state index contributed by atoms with van der Waals surface area (Å²) in [6.07, 6.45) is 1.71. The van der Waals surface area contributed by atoms with Crippen molar-refractivity contribution in [3.63, 3.8) is 0 Å². The summed E-state index contributed by atoms with van der Waals surface area (Å²) in [5.41, 5.74) is 0.860. The maximum absolute atomic E-state index is 11.8. The van der Waals surface area contributed by atoms with E-state index >= 15 is 0 Å². The van der Waals surface area contributed by atoms with Crippen LogP contribution < -0.4 is 21.5 Å². The van der Waals surface area contributed by atoms with Crippen molar-refractivity contribution in [1.29, 1.82) is 0 Å². The second kappa shape index (κ2) is 7.27. The molecule has 4 rings (SSSR count). The molecule has 1 amide bonds. The Bertz CT molecular complexity index is 1110. The topological polar surface area (TPSA) is 143 Å². The highest BCUT2D eigenvalue weighted by Crippen LogP contribution is 2.16. The van der Waals surface area contributed by atoms with Crippen LogP contribution in [0.2, 0.25) is 0 Å². The summed E-state index contributed by atoms with van der Waals surface area (Å²) in [5.74, 6) is 0.426. The molecule has 0 atom stereocenters. The number of rotatable bonds is 4. The van der Waals surface area contributed by atoms with E-state index in [2.05, 4.69) is 40.0 Å². The van der Waals surface area contributed by atoms with Gasteiger partial charge in [0.15, 0.2) is 5.65 Å². The summed E-state index contributed by atoms with van der Waals surface area (Å²) in [7, 11) is 1.58. The first kappa shape index (κ1) is 17.9. The summed E-state index contributed by atoms with van der Waals surface area (Å²) in [6.45, 7) is 3.78. The van der Waals surface area contributed by atoms with Crippen LogP contribution >= 0.6 is 0 Å². The number of anilines is 1. The second-order valence-electron chi connectivity index (χ2n) is 6.56. The van der Waals surface area contributed by atoms with Crippen molar-refractivity contribution < 1.29 is 4.79 Å². The smallest absolute Gasteiger partial charge is 0.327 e. The van der Waals surface area contributed by atoms with Crippen molar-refractivity contribution in [3.8, 4) is 0 Å². The van der Waals surface area contributed by atoms with Crippen molar-refractivity contribution in [2.45, 2.75) is 6.54 Å². The molecule has 1 fully saturated rings. The third-order valence-corrected chi connectivity index (χ3v) is 4.76. The number of piperazine rings is 1. The Morgan fingerprint density at radius 1 is 1.14 bits per heavy atom. The number of fused-ring (bicyclic) bond motifs is 1. The zero-order chi connectivity index (χ0) is 19.7. The van der Waals surface area contributed by atoms with Crippen LogP contribution in [0.1, 0.15) is 16.3 Å². The van der Waals surface area contributed by atoms with Crippen molar-refractivity contribution in [1.82, 2.24) is 35.1 Å². The van der Waals surface area contributed by atoms with E-state index in [0.29, 0.717) is 18.1 Å². The monoisotopic (exact) mass is 384 g/mol. The van der Waals surface area contributed by atoms with Crippen LogP contribution in [0, 0.1) is 0 Å². The minimum absolute atomic E-state index is 0.206. The molecule has 0 aromatic carbocycles. The number of aromatic amines is 3. The van der Waals surface area contributed by atoms with Gasteiger partial charge in [0, 0.05) is 33.2 Å². The van der Waals surface area contributed by atoms with Gasteiger partial charge in [0.1, 0.15) is 17.0 Å². The lowest BCUT2D eigenvalue weighted by atomic mass is 10.2. The fraction of sp³-hybridized carbons (Fsp3) is 0.353.